The Kier molecular flexibility index (Phi) is 6.01. The quantitative estimate of drug-likeness (QED) is 0.577. The third-order valence-corrected chi connectivity index (χ3v) is 4.01. The molecule has 0 aliphatic rings. The van der Waals surface area contributed by atoms with Gasteiger partial charge in [-0.05, 0) is 62.2 Å². The molecule has 0 saturated carbocycles. The molecule has 2 aromatic heterocycles. The van der Waals surface area contributed by atoms with Crippen molar-refractivity contribution in [3.63, 3.8) is 0 Å². The van der Waals surface area contributed by atoms with Crippen LogP contribution < -0.4 is 5.32 Å². The summed E-state index contributed by atoms with van der Waals surface area (Å²) in [6, 6.07) is 6.36. The van der Waals surface area contributed by atoms with E-state index in [1.807, 2.05) is 0 Å². The number of hydrogen-bond acceptors (Lipinski definition) is 4. The van der Waals surface area contributed by atoms with E-state index in [-0.39, 0.29) is 6.54 Å². The molecule has 10 heteroatoms. The minimum Gasteiger partial charge on any atom is -0.444 e. The highest BCUT2D eigenvalue weighted by Gasteiger charge is 2.32. The number of halogens is 4. The Labute approximate surface area is 175 Å². The number of ether oxygens (including phenoxy) is 1. The summed E-state index contributed by atoms with van der Waals surface area (Å²) in [7, 11) is 0. The maximum Gasteiger partial charge on any atom is 0.433 e. The van der Waals surface area contributed by atoms with Crippen LogP contribution in [0.5, 0.6) is 0 Å². The number of benzene rings is 1. The number of rotatable bonds is 4. The van der Waals surface area contributed by atoms with Crippen LogP contribution in [0.3, 0.4) is 0 Å². The first-order chi connectivity index (χ1) is 14.4. The molecule has 0 fully saturated rings. The fourth-order valence-corrected chi connectivity index (χ4v) is 2.71. The highest BCUT2D eigenvalue weighted by Crippen LogP contribution is 2.28. The summed E-state index contributed by atoms with van der Waals surface area (Å²) in [6.07, 6.45) is -1.09. The number of carbonyl (C=O) groups is 1. The maximum atomic E-state index is 14.1. The normalized spacial score (nSPS) is 12.0. The van der Waals surface area contributed by atoms with E-state index in [1.165, 1.54) is 29.1 Å². The molecule has 0 aliphatic carbocycles. The fraction of sp³-hybridized carbons (Fsp3) is 0.286. The van der Waals surface area contributed by atoms with Crippen molar-refractivity contribution in [1.82, 2.24) is 20.1 Å². The summed E-state index contributed by atoms with van der Waals surface area (Å²) in [5.74, 6) is -0.512. The average Bonchev–Trinajstić information content (AvgIpc) is 3.14. The zero-order valence-corrected chi connectivity index (χ0v) is 17.0. The zero-order chi connectivity index (χ0) is 22.8. The van der Waals surface area contributed by atoms with Gasteiger partial charge in [0.2, 0.25) is 0 Å². The number of amides is 1. The molecule has 2 heterocycles. The Hall–Kier alpha value is -3.43. The number of alkyl halides is 3. The monoisotopic (exact) mass is 436 g/mol. The second-order valence-corrected chi connectivity index (χ2v) is 7.78. The first-order valence-corrected chi connectivity index (χ1v) is 9.26. The number of nitrogens with zero attached hydrogens (tertiary/aromatic N) is 3. The van der Waals surface area contributed by atoms with Crippen molar-refractivity contribution in [1.29, 1.82) is 0 Å². The molecule has 1 N–H and O–H groups in total. The molecule has 0 aliphatic heterocycles. The van der Waals surface area contributed by atoms with Gasteiger partial charge in [0.1, 0.15) is 17.1 Å². The fourth-order valence-electron chi connectivity index (χ4n) is 2.71. The van der Waals surface area contributed by atoms with Crippen LogP contribution in [0.25, 0.3) is 16.8 Å². The predicted molar refractivity (Wildman–Crippen MR) is 105 cm³/mol. The summed E-state index contributed by atoms with van der Waals surface area (Å²) in [6.45, 7) is 5.25. The Morgan fingerprint density at radius 1 is 1.10 bits per heavy atom. The molecule has 0 radical (unpaired) electrons. The minimum absolute atomic E-state index is 0.0522. The van der Waals surface area contributed by atoms with Crippen LogP contribution in [0.4, 0.5) is 22.4 Å². The first-order valence-electron chi connectivity index (χ1n) is 9.26. The van der Waals surface area contributed by atoms with E-state index in [0.29, 0.717) is 22.4 Å². The van der Waals surface area contributed by atoms with Gasteiger partial charge in [-0.1, -0.05) is 0 Å². The van der Waals surface area contributed by atoms with Crippen molar-refractivity contribution in [3.8, 4) is 16.8 Å². The Bertz CT molecular complexity index is 1070. The summed E-state index contributed by atoms with van der Waals surface area (Å²) in [5, 5.41) is 6.67. The van der Waals surface area contributed by atoms with Gasteiger partial charge in [-0.2, -0.15) is 18.3 Å². The van der Waals surface area contributed by atoms with Crippen LogP contribution in [0.2, 0.25) is 0 Å². The van der Waals surface area contributed by atoms with Crippen molar-refractivity contribution in [2.24, 2.45) is 0 Å². The molecule has 0 unspecified atom stereocenters. The van der Waals surface area contributed by atoms with Crippen molar-refractivity contribution >= 4 is 6.09 Å². The third-order valence-electron chi connectivity index (χ3n) is 4.01. The number of pyridine rings is 1. The van der Waals surface area contributed by atoms with Crippen molar-refractivity contribution < 1.29 is 27.1 Å². The first kappa shape index (κ1) is 22.3. The highest BCUT2D eigenvalue weighted by molar-refractivity contribution is 5.68. The van der Waals surface area contributed by atoms with Gasteiger partial charge in [0, 0.05) is 18.3 Å². The second kappa shape index (κ2) is 8.37. The van der Waals surface area contributed by atoms with Gasteiger partial charge in [0.25, 0.3) is 0 Å². The molecule has 0 spiro atoms. The molecule has 6 nitrogen and oxygen atoms in total. The molecule has 0 bridgehead atoms. The Morgan fingerprint density at radius 3 is 2.45 bits per heavy atom. The highest BCUT2D eigenvalue weighted by atomic mass is 19.4. The predicted octanol–water partition coefficient (Wildman–Crippen LogP) is 5.12. The lowest BCUT2D eigenvalue weighted by molar-refractivity contribution is -0.141. The summed E-state index contributed by atoms with van der Waals surface area (Å²) in [4.78, 5) is 15.2. The second-order valence-electron chi connectivity index (χ2n) is 7.78. The van der Waals surface area contributed by atoms with Crippen LogP contribution in [0, 0.1) is 5.82 Å². The molecule has 1 amide bonds. The van der Waals surface area contributed by atoms with E-state index in [2.05, 4.69) is 15.4 Å². The molecule has 0 saturated heterocycles. The average molecular weight is 436 g/mol. The largest absolute Gasteiger partial charge is 0.444 e. The number of alkyl carbamates (subject to hydrolysis) is 1. The van der Waals surface area contributed by atoms with E-state index >= 15 is 0 Å². The van der Waals surface area contributed by atoms with Crippen LogP contribution in [0.15, 0.2) is 48.9 Å². The number of hydrogen-bond donors (Lipinski definition) is 1. The zero-order valence-electron chi connectivity index (χ0n) is 17.0. The molecular weight excluding hydrogens is 416 g/mol. The molecule has 31 heavy (non-hydrogen) atoms. The minimum atomic E-state index is -4.53. The van der Waals surface area contributed by atoms with Gasteiger partial charge < -0.3 is 10.1 Å². The van der Waals surface area contributed by atoms with Crippen LogP contribution in [-0.2, 0) is 17.5 Å². The SMILES string of the molecule is CC(C)(C)OC(=O)NCc1cc(F)cc(-c2cnn(-c3ccc(C(F)(F)F)nc3)c2)c1. The molecule has 3 aromatic rings. The molecule has 0 atom stereocenters. The summed E-state index contributed by atoms with van der Waals surface area (Å²) in [5.41, 5.74) is 0.201. The van der Waals surface area contributed by atoms with Gasteiger partial charge in [0.05, 0.1) is 18.1 Å². The van der Waals surface area contributed by atoms with E-state index < -0.39 is 29.4 Å². The van der Waals surface area contributed by atoms with Crippen LogP contribution in [-0.4, -0.2) is 26.5 Å². The van der Waals surface area contributed by atoms with Gasteiger partial charge in [-0.25, -0.2) is 18.9 Å². The van der Waals surface area contributed by atoms with E-state index in [0.717, 1.165) is 12.3 Å². The van der Waals surface area contributed by atoms with E-state index in [9.17, 15) is 22.4 Å². The lowest BCUT2D eigenvalue weighted by atomic mass is 10.1. The smallest absolute Gasteiger partial charge is 0.433 e. The Balaban J connectivity index is 1.76. The van der Waals surface area contributed by atoms with Crippen molar-refractivity contribution in [2.45, 2.75) is 39.1 Å². The van der Waals surface area contributed by atoms with Crippen LogP contribution in [0.1, 0.15) is 32.0 Å². The van der Waals surface area contributed by atoms with E-state index in [1.54, 1.807) is 33.0 Å². The molecular formula is C21H20F4N4O2. The maximum absolute atomic E-state index is 14.1. The van der Waals surface area contributed by atoms with Gasteiger partial charge in [-0.15, -0.1) is 0 Å². The van der Waals surface area contributed by atoms with E-state index in [4.69, 9.17) is 4.74 Å². The van der Waals surface area contributed by atoms with Gasteiger partial charge in [0.15, 0.2) is 0 Å². The summed E-state index contributed by atoms with van der Waals surface area (Å²) < 4.78 is 58.6. The van der Waals surface area contributed by atoms with Crippen LogP contribution >= 0.6 is 0 Å². The topological polar surface area (TPSA) is 69.0 Å². The number of aromatic nitrogens is 3. The van der Waals surface area contributed by atoms with Gasteiger partial charge >= 0.3 is 12.3 Å². The number of nitrogens with one attached hydrogen (secondary N) is 1. The molecule has 1 aromatic carbocycles. The van der Waals surface area contributed by atoms with Crippen molar-refractivity contribution in [3.05, 3.63) is 66.0 Å². The lowest BCUT2D eigenvalue weighted by Gasteiger charge is -2.19. The Morgan fingerprint density at radius 2 is 1.84 bits per heavy atom. The molecule has 164 valence electrons. The molecule has 3 rings (SSSR count). The number of carbonyl (C=O) groups excluding carboxylic acids is 1. The van der Waals surface area contributed by atoms with Gasteiger partial charge in [-0.3, -0.25) is 0 Å². The third kappa shape index (κ3) is 6.03. The summed E-state index contributed by atoms with van der Waals surface area (Å²) >= 11 is 0. The lowest BCUT2D eigenvalue weighted by Crippen LogP contribution is -2.32. The van der Waals surface area contributed by atoms with Crippen molar-refractivity contribution in [2.75, 3.05) is 0 Å². The standard InChI is InChI=1S/C21H20F4N4O2/c1-20(2,3)31-19(30)27-9-13-6-14(8-16(22)7-13)15-10-28-29(12-15)17-4-5-18(26-11-17)21(23,24)25/h4-8,10-12H,9H2,1-3H3,(H,27,30).